The summed E-state index contributed by atoms with van der Waals surface area (Å²) < 4.78 is 15.8. The Kier molecular flexibility index (Phi) is 7.85. The smallest absolute Gasteiger partial charge is 0.256 e. The lowest BCUT2D eigenvalue weighted by Gasteiger charge is -2.13. The van der Waals surface area contributed by atoms with E-state index in [4.69, 9.17) is 14.2 Å². The van der Waals surface area contributed by atoms with Gasteiger partial charge in [-0.1, -0.05) is 24.3 Å². The fourth-order valence-electron chi connectivity index (χ4n) is 2.95. The van der Waals surface area contributed by atoms with E-state index < -0.39 is 5.91 Å². The van der Waals surface area contributed by atoms with Crippen LogP contribution >= 0.6 is 0 Å². The molecule has 3 aromatic rings. The van der Waals surface area contributed by atoms with Gasteiger partial charge in [0.2, 0.25) is 5.75 Å². The van der Waals surface area contributed by atoms with Crippen molar-refractivity contribution in [2.75, 3.05) is 32.1 Å². The normalized spacial score (nSPS) is 10.4. The van der Waals surface area contributed by atoms with Gasteiger partial charge in [-0.25, -0.2) is 0 Å². The minimum atomic E-state index is -0.413. The van der Waals surface area contributed by atoms with E-state index in [2.05, 4.69) is 21.2 Å². The van der Waals surface area contributed by atoms with E-state index in [1.54, 1.807) is 48.5 Å². The predicted octanol–water partition coefficient (Wildman–Crippen LogP) is 3.75. The molecule has 3 N–H and O–H groups in total. The Hall–Kier alpha value is -4.53. The highest BCUT2D eigenvalue weighted by molar-refractivity contribution is 6.04. The zero-order chi connectivity index (χ0) is 23.6. The molecule has 0 aliphatic carbocycles. The summed E-state index contributed by atoms with van der Waals surface area (Å²) in [6.07, 6.45) is 1.22. The summed E-state index contributed by atoms with van der Waals surface area (Å²) in [7, 11) is 4.43. The number of methoxy groups -OCH3 is 3. The van der Waals surface area contributed by atoms with Crippen molar-refractivity contribution in [3.05, 3.63) is 77.9 Å². The summed E-state index contributed by atoms with van der Waals surface area (Å²) in [5, 5.41) is 9.39. The topological polar surface area (TPSA) is 110 Å². The highest BCUT2D eigenvalue weighted by Crippen LogP contribution is 2.38. The number of nitrogens with zero attached hydrogens (tertiary/aromatic N) is 1. The summed E-state index contributed by atoms with van der Waals surface area (Å²) >= 11 is 0. The number of benzene rings is 3. The van der Waals surface area contributed by atoms with Gasteiger partial charge in [-0.2, -0.15) is 5.10 Å². The molecule has 0 fully saturated rings. The number of anilines is 2. The van der Waals surface area contributed by atoms with E-state index in [9.17, 15) is 9.59 Å². The molecule has 0 aliphatic heterocycles. The second kappa shape index (κ2) is 11.2. The molecule has 0 unspecified atom stereocenters. The van der Waals surface area contributed by atoms with E-state index in [1.165, 1.54) is 39.8 Å². The first kappa shape index (κ1) is 23.1. The van der Waals surface area contributed by atoms with Crippen molar-refractivity contribution in [1.29, 1.82) is 0 Å². The Morgan fingerprint density at radius 3 is 2.06 bits per heavy atom. The molecular formula is C24H24N4O5. The van der Waals surface area contributed by atoms with Crippen molar-refractivity contribution >= 4 is 29.5 Å². The van der Waals surface area contributed by atoms with Crippen molar-refractivity contribution in [2.24, 2.45) is 5.10 Å². The monoisotopic (exact) mass is 448 g/mol. The standard InChI is InChI=1S/C24H24N4O5/c1-31-20-12-17(13-21(32-2)22(20)33-3)23(29)25-15-26-28-19-11-7-10-18(14-19)27-24(30)16-8-5-4-6-9-16/h4-15,28H,1-3H3,(H,27,30)(H,25,26,29). The number of ether oxygens (including phenoxy) is 3. The maximum Gasteiger partial charge on any atom is 0.256 e. The SMILES string of the molecule is COc1cc(C(=O)N/C=N/Nc2cccc(NC(=O)c3ccccc3)c2)cc(OC)c1OC. The number of hydrogen-bond acceptors (Lipinski definition) is 7. The fourth-order valence-corrected chi connectivity index (χ4v) is 2.95. The highest BCUT2D eigenvalue weighted by atomic mass is 16.5. The van der Waals surface area contributed by atoms with Crippen LogP contribution in [0.3, 0.4) is 0 Å². The minimum Gasteiger partial charge on any atom is -0.493 e. The molecule has 9 nitrogen and oxygen atoms in total. The summed E-state index contributed by atoms with van der Waals surface area (Å²) in [6.45, 7) is 0. The van der Waals surface area contributed by atoms with Crippen LogP contribution in [-0.2, 0) is 0 Å². The van der Waals surface area contributed by atoms with Gasteiger partial charge in [-0.05, 0) is 42.5 Å². The first-order valence-electron chi connectivity index (χ1n) is 9.90. The van der Waals surface area contributed by atoms with Crippen molar-refractivity contribution in [1.82, 2.24) is 5.32 Å². The summed E-state index contributed by atoms with van der Waals surface area (Å²) in [4.78, 5) is 24.8. The minimum absolute atomic E-state index is 0.214. The van der Waals surface area contributed by atoms with Crippen LogP contribution in [0.25, 0.3) is 0 Å². The molecule has 3 rings (SSSR count). The third-order valence-electron chi connectivity index (χ3n) is 4.54. The molecule has 0 heterocycles. The zero-order valence-electron chi connectivity index (χ0n) is 18.4. The van der Waals surface area contributed by atoms with Gasteiger partial charge in [0.15, 0.2) is 11.5 Å². The molecule has 0 saturated heterocycles. The second-order valence-electron chi connectivity index (χ2n) is 6.66. The van der Waals surface area contributed by atoms with Crippen LogP contribution in [0.2, 0.25) is 0 Å². The van der Waals surface area contributed by atoms with Gasteiger partial charge in [0.05, 0.1) is 27.0 Å². The first-order chi connectivity index (χ1) is 16.0. The molecule has 33 heavy (non-hydrogen) atoms. The number of carbonyl (C=O) groups is 2. The number of nitrogens with one attached hydrogen (secondary N) is 3. The number of hydrogen-bond donors (Lipinski definition) is 3. The van der Waals surface area contributed by atoms with Crippen LogP contribution in [0.4, 0.5) is 11.4 Å². The Labute approximate surface area is 191 Å². The maximum absolute atomic E-state index is 12.5. The lowest BCUT2D eigenvalue weighted by molar-refractivity contribution is 0.0976. The van der Waals surface area contributed by atoms with Crippen molar-refractivity contribution in [3.8, 4) is 17.2 Å². The van der Waals surface area contributed by atoms with E-state index in [0.717, 1.165) is 0 Å². The number of carbonyl (C=O) groups excluding carboxylic acids is 2. The lowest BCUT2D eigenvalue weighted by Crippen LogP contribution is -2.22. The highest BCUT2D eigenvalue weighted by Gasteiger charge is 2.16. The molecule has 0 aliphatic rings. The van der Waals surface area contributed by atoms with E-state index in [-0.39, 0.29) is 5.91 Å². The Bertz CT molecular complexity index is 1120. The van der Waals surface area contributed by atoms with Crippen molar-refractivity contribution in [3.63, 3.8) is 0 Å². The van der Waals surface area contributed by atoms with Gasteiger partial charge in [-0.3, -0.25) is 15.0 Å². The molecule has 0 bridgehead atoms. The predicted molar refractivity (Wildman–Crippen MR) is 127 cm³/mol. The van der Waals surface area contributed by atoms with Gasteiger partial charge in [0.25, 0.3) is 11.8 Å². The molecule has 2 amide bonds. The summed E-state index contributed by atoms with van der Waals surface area (Å²) in [6, 6.07) is 19.0. The van der Waals surface area contributed by atoms with Crippen molar-refractivity contribution < 1.29 is 23.8 Å². The molecule has 0 radical (unpaired) electrons. The quantitative estimate of drug-likeness (QED) is 0.261. The van der Waals surface area contributed by atoms with E-state index in [0.29, 0.717) is 39.8 Å². The summed E-state index contributed by atoms with van der Waals surface area (Å²) in [5.41, 5.74) is 4.89. The Morgan fingerprint density at radius 1 is 0.758 bits per heavy atom. The average Bonchev–Trinajstić information content (AvgIpc) is 2.86. The van der Waals surface area contributed by atoms with Crippen LogP contribution < -0.4 is 30.3 Å². The molecule has 170 valence electrons. The van der Waals surface area contributed by atoms with Gasteiger partial charge in [0.1, 0.15) is 6.34 Å². The van der Waals surface area contributed by atoms with Crippen LogP contribution in [0.15, 0.2) is 71.8 Å². The first-order valence-corrected chi connectivity index (χ1v) is 9.90. The zero-order valence-corrected chi connectivity index (χ0v) is 18.4. The molecule has 0 atom stereocenters. The maximum atomic E-state index is 12.5. The number of amides is 2. The molecule has 3 aromatic carbocycles. The van der Waals surface area contributed by atoms with Gasteiger partial charge < -0.3 is 24.8 Å². The average molecular weight is 448 g/mol. The Balaban J connectivity index is 1.60. The third kappa shape index (κ3) is 6.01. The van der Waals surface area contributed by atoms with Crippen LogP contribution in [0.5, 0.6) is 17.2 Å². The molecule has 0 aromatic heterocycles. The van der Waals surface area contributed by atoms with E-state index >= 15 is 0 Å². The van der Waals surface area contributed by atoms with Crippen LogP contribution in [-0.4, -0.2) is 39.5 Å². The molecule has 0 saturated carbocycles. The number of hydrazone groups is 1. The largest absolute Gasteiger partial charge is 0.493 e. The van der Waals surface area contributed by atoms with Gasteiger partial charge >= 0.3 is 0 Å². The summed E-state index contributed by atoms with van der Waals surface area (Å²) in [5.74, 6) is 0.501. The second-order valence-corrected chi connectivity index (χ2v) is 6.66. The Morgan fingerprint density at radius 2 is 1.42 bits per heavy atom. The molecule has 0 spiro atoms. The third-order valence-corrected chi connectivity index (χ3v) is 4.54. The van der Waals surface area contributed by atoms with E-state index in [1.807, 2.05) is 6.07 Å². The fraction of sp³-hybridized carbons (Fsp3) is 0.125. The number of rotatable bonds is 9. The van der Waals surface area contributed by atoms with Crippen LogP contribution in [0, 0.1) is 0 Å². The lowest BCUT2D eigenvalue weighted by atomic mass is 10.1. The van der Waals surface area contributed by atoms with Crippen molar-refractivity contribution in [2.45, 2.75) is 0 Å². The molecule has 9 heteroatoms. The molecular weight excluding hydrogens is 424 g/mol. The van der Waals surface area contributed by atoms with Gasteiger partial charge in [0, 0.05) is 16.8 Å². The van der Waals surface area contributed by atoms with Gasteiger partial charge in [-0.15, -0.1) is 0 Å². The van der Waals surface area contributed by atoms with Crippen LogP contribution in [0.1, 0.15) is 20.7 Å².